The highest BCUT2D eigenvalue weighted by Gasteiger charge is 2.11. The third-order valence-electron chi connectivity index (χ3n) is 2.16. The van der Waals surface area contributed by atoms with E-state index in [1.165, 1.54) is 0 Å². The number of likely N-dealkylation sites (N-methyl/N-ethyl adjacent to an activating group) is 1. The van der Waals surface area contributed by atoms with Crippen LogP contribution in [0.15, 0.2) is 18.2 Å². The quantitative estimate of drug-likeness (QED) is 0.808. The molecule has 0 bridgehead atoms. The van der Waals surface area contributed by atoms with Gasteiger partial charge in [-0.05, 0) is 30.3 Å². The number of ether oxygens (including phenoxy) is 1. The largest absolute Gasteiger partial charge is 0.387 e. The van der Waals surface area contributed by atoms with Crippen LogP contribution in [0.25, 0.3) is 0 Å². The molecule has 1 unspecified atom stereocenters. The molecule has 0 heterocycles. The molecule has 2 N–H and O–H groups in total. The molecule has 4 heteroatoms. The Hall–Kier alpha value is -0.610. The molecule has 0 aromatic heterocycles. The second kappa shape index (κ2) is 6.08. The third-order valence-corrected chi connectivity index (χ3v) is 2.40. The number of aliphatic hydroxyl groups excluding tert-OH is 1. The Labute approximate surface area is 95.0 Å². The minimum Gasteiger partial charge on any atom is -0.387 e. The summed E-state index contributed by atoms with van der Waals surface area (Å²) in [6.45, 7) is 0.967. The second-order valence-electron chi connectivity index (χ2n) is 3.35. The number of nitrogens with one attached hydrogen (secondary N) is 1. The maximum absolute atomic E-state index is 9.86. The molecule has 0 aliphatic heterocycles. The first-order chi connectivity index (χ1) is 7.19. The Kier molecular flexibility index (Phi) is 5.05. The first-order valence-corrected chi connectivity index (χ1v) is 5.16. The first kappa shape index (κ1) is 12.5. The minimum absolute atomic E-state index is 0.455. The molecule has 1 atom stereocenters. The summed E-state index contributed by atoms with van der Waals surface area (Å²) in [7, 11) is 3.42. The molecule has 15 heavy (non-hydrogen) atoms. The summed E-state index contributed by atoms with van der Waals surface area (Å²) >= 11 is 5.88. The van der Waals surface area contributed by atoms with E-state index in [0.29, 0.717) is 18.2 Å². The molecule has 84 valence electrons. The van der Waals surface area contributed by atoms with Crippen molar-refractivity contribution in [2.45, 2.75) is 12.7 Å². The van der Waals surface area contributed by atoms with Crippen LogP contribution in [-0.2, 0) is 11.3 Å². The Morgan fingerprint density at radius 1 is 1.53 bits per heavy atom. The van der Waals surface area contributed by atoms with Crippen LogP contribution < -0.4 is 5.32 Å². The highest BCUT2D eigenvalue weighted by Crippen LogP contribution is 2.22. The van der Waals surface area contributed by atoms with Gasteiger partial charge in [0.2, 0.25) is 0 Å². The van der Waals surface area contributed by atoms with Gasteiger partial charge in [-0.3, -0.25) is 0 Å². The number of rotatable bonds is 5. The van der Waals surface area contributed by atoms with Crippen molar-refractivity contribution in [3.63, 3.8) is 0 Å². The van der Waals surface area contributed by atoms with E-state index in [1.54, 1.807) is 20.2 Å². The maximum atomic E-state index is 9.86. The van der Waals surface area contributed by atoms with Gasteiger partial charge in [-0.2, -0.15) is 0 Å². The van der Waals surface area contributed by atoms with Crippen molar-refractivity contribution < 1.29 is 9.84 Å². The van der Waals surface area contributed by atoms with Crippen LogP contribution in [0.1, 0.15) is 17.2 Å². The molecule has 0 spiro atoms. The van der Waals surface area contributed by atoms with Gasteiger partial charge >= 0.3 is 0 Å². The molecule has 0 aliphatic rings. The predicted octanol–water partition coefficient (Wildman–Crippen LogP) is 1.74. The number of hydrogen-bond donors (Lipinski definition) is 2. The van der Waals surface area contributed by atoms with Gasteiger partial charge in [0.1, 0.15) is 0 Å². The molecule has 0 saturated carbocycles. The molecule has 1 aromatic carbocycles. The van der Waals surface area contributed by atoms with Crippen LogP contribution in [0.5, 0.6) is 0 Å². The number of hydrogen-bond acceptors (Lipinski definition) is 3. The van der Waals surface area contributed by atoms with Crippen molar-refractivity contribution in [2.24, 2.45) is 0 Å². The van der Waals surface area contributed by atoms with E-state index in [0.717, 1.165) is 11.1 Å². The molecule has 0 fully saturated rings. The van der Waals surface area contributed by atoms with Crippen molar-refractivity contribution in [1.82, 2.24) is 5.32 Å². The molecular formula is C11H16ClNO2. The van der Waals surface area contributed by atoms with Gasteiger partial charge in [0.05, 0.1) is 12.7 Å². The lowest BCUT2D eigenvalue weighted by atomic mass is 10.0. The molecule has 1 rings (SSSR count). The fourth-order valence-electron chi connectivity index (χ4n) is 1.48. The van der Waals surface area contributed by atoms with E-state index in [1.807, 2.05) is 12.1 Å². The zero-order valence-electron chi connectivity index (χ0n) is 8.96. The highest BCUT2D eigenvalue weighted by molar-refractivity contribution is 6.30. The second-order valence-corrected chi connectivity index (χ2v) is 3.79. The van der Waals surface area contributed by atoms with Crippen molar-refractivity contribution in [3.05, 3.63) is 34.3 Å². The lowest BCUT2D eigenvalue weighted by Crippen LogP contribution is -2.18. The van der Waals surface area contributed by atoms with Crippen LogP contribution in [0.3, 0.4) is 0 Å². The SMILES string of the molecule is CNCC(O)c1ccc(Cl)cc1COC. The monoisotopic (exact) mass is 229 g/mol. The summed E-state index contributed by atoms with van der Waals surface area (Å²) in [5.41, 5.74) is 1.78. The zero-order chi connectivity index (χ0) is 11.3. The van der Waals surface area contributed by atoms with E-state index < -0.39 is 6.10 Å². The summed E-state index contributed by atoms with van der Waals surface area (Å²) in [6, 6.07) is 5.42. The average Bonchev–Trinajstić information content (AvgIpc) is 2.18. The number of methoxy groups -OCH3 is 1. The minimum atomic E-state index is -0.530. The summed E-state index contributed by atoms with van der Waals surface area (Å²) < 4.78 is 5.06. The topological polar surface area (TPSA) is 41.5 Å². The molecule has 0 saturated heterocycles. The van der Waals surface area contributed by atoms with Gasteiger partial charge < -0.3 is 15.2 Å². The summed E-state index contributed by atoms with van der Waals surface area (Å²) in [5.74, 6) is 0. The van der Waals surface area contributed by atoms with Crippen molar-refractivity contribution >= 4 is 11.6 Å². The summed E-state index contributed by atoms with van der Waals surface area (Å²) in [4.78, 5) is 0. The van der Waals surface area contributed by atoms with Crippen molar-refractivity contribution in [3.8, 4) is 0 Å². The summed E-state index contributed by atoms with van der Waals surface area (Å²) in [5, 5.41) is 13.4. The fourth-order valence-corrected chi connectivity index (χ4v) is 1.68. The van der Waals surface area contributed by atoms with Gasteiger partial charge in [0.25, 0.3) is 0 Å². The molecule has 0 radical (unpaired) electrons. The van der Waals surface area contributed by atoms with Gasteiger partial charge in [0.15, 0.2) is 0 Å². The van der Waals surface area contributed by atoms with E-state index in [9.17, 15) is 5.11 Å². The smallest absolute Gasteiger partial charge is 0.0917 e. The molecule has 0 aliphatic carbocycles. The number of halogens is 1. The Morgan fingerprint density at radius 3 is 2.87 bits per heavy atom. The molecule has 3 nitrogen and oxygen atoms in total. The van der Waals surface area contributed by atoms with Crippen LogP contribution in [0.2, 0.25) is 5.02 Å². The number of aliphatic hydroxyl groups is 1. The van der Waals surface area contributed by atoms with E-state index in [2.05, 4.69) is 5.32 Å². The van der Waals surface area contributed by atoms with E-state index >= 15 is 0 Å². The lowest BCUT2D eigenvalue weighted by molar-refractivity contribution is 0.161. The molecule has 1 aromatic rings. The van der Waals surface area contributed by atoms with Gasteiger partial charge in [-0.1, -0.05) is 17.7 Å². The van der Waals surface area contributed by atoms with Crippen molar-refractivity contribution in [2.75, 3.05) is 20.7 Å². The zero-order valence-corrected chi connectivity index (χ0v) is 9.71. The van der Waals surface area contributed by atoms with Gasteiger partial charge in [0, 0.05) is 18.7 Å². The van der Waals surface area contributed by atoms with Crippen LogP contribution in [0.4, 0.5) is 0 Å². The van der Waals surface area contributed by atoms with Crippen LogP contribution >= 0.6 is 11.6 Å². The standard InChI is InChI=1S/C11H16ClNO2/c1-13-6-11(14)10-4-3-9(12)5-8(10)7-15-2/h3-5,11,13-14H,6-7H2,1-2H3. The van der Waals surface area contributed by atoms with Crippen LogP contribution in [0, 0.1) is 0 Å². The third kappa shape index (κ3) is 3.47. The Morgan fingerprint density at radius 2 is 2.27 bits per heavy atom. The molecule has 0 amide bonds. The summed E-state index contributed by atoms with van der Waals surface area (Å²) in [6.07, 6.45) is -0.530. The Bertz CT molecular complexity index is 317. The maximum Gasteiger partial charge on any atom is 0.0917 e. The predicted molar refractivity (Wildman–Crippen MR) is 61.1 cm³/mol. The average molecular weight is 230 g/mol. The van der Waals surface area contributed by atoms with Crippen LogP contribution in [-0.4, -0.2) is 25.8 Å². The van der Waals surface area contributed by atoms with Gasteiger partial charge in [-0.25, -0.2) is 0 Å². The normalized spacial score (nSPS) is 12.8. The van der Waals surface area contributed by atoms with Gasteiger partial charge in [-0.15, -0.1) is 0 Å². The fraction of sp³-hybridized carbons (Fsp3) is 0.455. The Balaban J connectivity index is 2.93. The number of benzene rings is 1. The van der Waals surface area contributed by atoms with E-state index in [-0.39, 0.29) is 0 Å². The first-order valence-electron chi connectivity index (χ1n) is 4.79. The molecular weight excluding hydrogens is 214 g/mol. The highest BCUT2D eigenvalue weighted by atomic mass is 35.5. The lowest BCUT2D eigenvalue weighted by Gasteiger charge is -2.15. The van der Waals surface area contributed by atoms with E-state index in [4.69, 9.17) is 16.3 Å². The van der Waals surface area contributed by atoms with Crippen molar-refractivity contribution in [1.29, 1.82) is 0 Å².